The largest absolute Gasteiger partial charge is 0.311 e. The highest BCUT2D eigenvalue weighted by Gasteiger charge is 2.45. The van der Waals surface area contributed by atoms with Crippen LogP contribution in [0.1, 0.15) is 46.5 Å². The molecule has 1 N–H and O–H groups in total. The third-order valence-electron chi connectivity index (χ3n) is 4.07. The predicted octanol–water partition coefficient (Wildman–Crippen LogP) is 3.05. The van der Waals surface area contributed by atoms with Crippen LogP contribution in [-0.2, 0) is 0 Å². The molecule has 2 aliphatic heterocycles. The summed E-state index contributed by atoms with van der Waals surface area (Å²) < 4.78 is 0.582. The maximum atomic E-state index is 3.74. The number of thioether (sulfide) groups is 1. The molecule has 0 aromatic heterocycles. The predicted molar refractivity (Wildman–Crippen MR) is 64.9 cm³/mol. The summed E-state index contributed by atoms with van der Waals surface area (Å²) in [6, 6.07) is 1.52. The van der Waals surface area contributed by atoms with Crippen LogP contribution >= 0.6 is 11.8 Å². The van der Waals surface area contributed by atoms with E-state index in [4.69, 9.17) is 0 Å². The molecule has 2 heterocycles. The van der Waals surface area contributed by atoms with Gasteiger partial charge in [0.15, 0.2) is 0 Å². The average molecular weight is 213 g/mol. The number of hydrogen-bond donors (Lipinski definition) is 1. The minimum atomic E-state index is 0.582. The van der Waals surface area contributed by atoms with Crippen LogP contribution in [-0.4, -0.2) is 22.6 Å². The fourth-order valence-electron chi connectivity index (χ4n) is 3.27. The molecule has 0 radical (unpaired) electrons. The first-order chi connectivity index (χ1) is 6.65. The zero-order chi connectivity index (χ0) is 10.2. The van der Waals surface area contributed by atoms with Gasteiger partial charge in [-0.1, -0.05) is 13.8 Å². The maximum Gasteiger partial charge on any atom is 0.0175 e. The first-order valence-corrected chi connectivity index (χ1v) is 7.04. The molecule has 4 atom stereocenters. The Balaban J connectivity index is 2.08. The van der Waals surface area contributed by atoms with Gasteiger partial charge in [-0.05, 0) is 44.3 Å². The number of nitrogens with one attached hydrogen (secondary N) is 1. The minimum Gasteiger partial charge on any atom is -0.311 e. The van der Waals surface area contributed by atoms with Crippen LogP contribution in [0.5, 0.6) is 0 Å². The molecule has 0 aliphatic carbocycles. The van der Waals surface area contributed by atoms with Crippen LogP contribution in [0.2, 0.25) is 0 Å². The highest BCUT2D eigenvalue weighted by molar-refractivity contribution is 8.00. The van der Waals surface area contributed by atoms with E-state index in [9.17, 15) is 0 Å². The monoisotopic (exact) mass is 213 g/mol. The Morgan fingerprint density at radius 2 is 2.29 bits per heavy atom. The molecule has 4 unspecified atom stereocenters. The van der Waals surface area contributed by atoms with Crippen LogP contribution < -0.4 is 5.32 Å². The van der Waals surface area contributed by atoms with E-state index in [1.165, 1.54) is 31.4 Å². The molecule has 2 saturated heterocycles. The second kappa shape index (κ2) is 4.05. The summed E-state index contributed by atoms with van der Waals surface area (Å²) in [5, 5.41) is 3.74. The van der Waals surface area contributed by atoms with Crippen molar-refractivity contribution in [2.45, 2.75) is 63.3 Å². The van der Waals surface area contributed by atoms with E-state index in [1.54, 1.807) is 0 Å². The van der Waals surface area contributed by atoms with Crippen molar-refractivity contribution in [3.05, 3.63) is 0 Å². The normalized spacial score (nSPS) is 48.6. The van der Waals surface area contributed by atoms with Crippen LogP contribution in [0, 0.1) is 5.92 Å². The quantitative estimate of drug-likeness (QED) is 0.756. The first kappa shape index (κ1) is 10.8. The molecule has 0 aromatic rings. The van der Waals surface area contributed by atoms with Crippen LogP contribution in [0.25, 0.3) is 0 Å². The molecule has 0 aromatic carbocycles. The molecule has 0 amide bonds. The molecule has 0 bridgehead atoms. The molecular formula is C12H23NS. The zero-order valence-corrected chi connectivity index (χ0v) is 10.5. The van der Waals surface area contributed by atoms with E-state index in [1.807, 2.05) is 0 Å². The van der Waals surface area contributed by atoms with Crippen molar-refractivity contribution in [3.8, 4) is 0 Å². The van der Waals surface area contributed by atoms with Gasteiger partial charge in [-0.2, -0.15) is 11.8 Å². The van der Waals surface area contributed by atoms with E-state index in [2.05, 4.69) is 37.8 Å². The van der Waals surface area contributed by atoms with Gasteiger partial charge in [0, 0.05) is 16.8 Å². The summed E-state index contributed by atoms with van der Waals surface area (Å²) in [5.74, 6) is 2.30. The Morgan fingerprint density at radius 1 is 1.50 bits per heavy atom. The van der Waals surface area contributed by atoms with Gasteiger partial charge in [0.05, 0.1) is 0 Å². The lowest BCUT2D eigenvalue weighted by atomic mass is 9.82. The minimum absolute atomic E-state index is 0.582. The molecule has 82 valence electrons. The highest BCUT2D eigenvalue weighted by Crippen LogP contribution is 2.48. The Kier molecular flexibility index (Phi) is 3.13. The van der Waals surface area contributed by atoms with Crippen LogP contribution in [0.4, 0.5) is 0 Å². The summed E-state index contributed by atoms with van der Waals surface area (Å²) in [6.07, 6.45) is 5.56. The fourth-order valence-corrected chi connectivity index (χ4v) is 4.78. The lowest BCUT2D eigenvalue weighted by Crippen LogP contribution is -2.38. The van der Waals surface area contributed by atoms with Gasteiger partial charge in [0.25, 0.3) is 0 Å². The van der Waals surface area contributed by atoms with Gasteiger partial charge in [-0.25, -0.2) is 0 Å². The van der Waals surface area contributed by atoms with Gasteiger partial charge >= 0.3 is 0 Å². The van der Waals surface area contributed by atoms with E-state index >= 15 is 0 Å². The smallest absolute Gasteiger partial charge is 0.0175 e. The zero-order valence-electron chi connectivity index (χ0n) is 9.68. The third-order valence-corrected chi connectivity index (χ3v) is 5.72. The summed E-state index contributed by atoms with van der Waals surface area (Å²) >= 11 is 2.22. The van der Waals surface area contributed by atoms with Gasteiger partial charge in [-0.3, -0.25) is 0 Å². The number of rotatable bonds is 2. The second-order valence-electron chi connectivity index (χ2n) is 5.19. The third kappa shape index (κ3) is 1.83. The lowest BCUT2D eigenvalue weighted by Gasteiger charge is -2.34. The molecule has 1 nitrogen and oxygen atoms in total. The molecule has 2 heteroatoms. The Hall–Kier alpha value is 0.310. The van der Waals surface area contributed by atoms with Crippen molar-refractivity contribution in [1.82, 2.24) is 5.32 Å². The van der Waals surface area contributed by atoms with E-state index in [-0.39, 0.29) is 0 Å². The highest BCUT2D eigenvalue weighted by atomic mass is 32.2. The van der Waals surface area contributed by atoms with Crippen molar-refractivity contribution in [1.29, 1.82) is 0 Å². The van der Waals surface area contributed by atoms with Crippen molar-refractivity contribution in [3.63, 3.8) is 0 Å². The standard InChI is InChI=1S/C12H23NS/c1-4-11-10(8-9(2)13-11)12(3)6-5-7-14-12/h9-11,13H,4-8H2,1-3H3. The van der Waals surface area contributed by atoms with Crippen molar-refractivity contribution in [2.24, 2.45) is 5.92 Å². The van der Waals surface area contributed by atoms with Crippen LogP contribution in [0.15, 0.2) is 0 Å². The van der Waals surface area contributed by atoms with Gasteiger partial charge in [0.1, 0.15) is 0 Å². The van der Waals surface area contributed by atoms with Crippen molar-refractivity contribution >= 4 is 11.8 Å². The first-order valence-electron chi connectivity index (χ1n) is 6.05. The SMILES string of the molecule is CCC1NC(C)CC1C1(C)CCCS1. The van der Waals surface area contributed by atoms with Gasteiger partial charge in [0.2, 0.25) is 0 Å². The Bertz CT molecular complexity index is 198. The maximum absolute atomic E-state index is 3.74. The Morgan fingerprint density at radius 3 is 2.86 bits per heavy atom. The Labute approximate surface area is 92.4 Å². The van der Waals surface area contributed by atoms with Gasteiger partial charge in [-0.15, -0.1) is 0 Å². The molecule has 14 heavy (non-hydrogen) atoms. The summed E-state index contributed by atoms with van der Waals surface area (Å²) in [5.41, 5.74) is 0. The second-order valence-corrected chi connectivity index (χ2v) is 6.82. The van der Waals surface area contributed by atoms with Crippen LogP contribution in [0.3, 0.4) is 0 Å². The summed E-state index contributed by atoms with van der Waals surface area (Å²) in [6.45, 7) is 7.16. The molecule has 0 saturated carbocycles. The molecule has 2 fully saturated rings. The summed E-state index contributed by atoms with van der Waals surface area (Å²) in [4.78, 5) is 0. The fraction of sp³-hybridized carbons (Fsp3) is 1.00. The molecular weight excluding hydrogens is 190 g/mol. The van der Waals surface area contributed by atoms with E-state index in [0.29, 0.717) is 4.75 Å². The number of hydrogen-bond acceptors (Lipinski definition) is 2. The molecule has 2 rings (SSSR count). The van der Waals surface area contributed by atoms with E-state index < -0.39 is 0 Å². The summed E-state index contributed by atoms with van der Waals surface area (Å²) in [7, 11) is 0. The lowest BCUT2D eigenvalue weighted by molar-refractivity contribution is 0.340. The van der Waals surface area contributed by atoms with E-state index in [0.717, 1.165) is 18.0 Å². The van der Waals surface area contributed by atoms with Gasteiger partial charge < -0.3 is 5.32 Å². The average Bonchev–Trinajstić information content (AvgIpc) is 2.72. The van der Waals surface area contributed by atoms with Crippen molar-refractivity contribution in [2.75, 3.05) is 5.75 Å². The topological polar surface area (TPSA) is 12.0 Å². The molecule has 0 spiro atoms. The van der Waals surface area contributed by atoms with Crippen molar-refractivity contribution < 1.29 is 0 Å². The molecule has 2 aliphatic rings.